The summed E-state index contributed by atoms with van der Waals surface area (Å²) in [6.07, 6.45) is 1.49. The lowest BCUT2D eigenvalue weighted by Gasteiger charge is -2.05. The molecule has 0 aliphatic carbocycles. The van der Waals surface area contributed by atoms with Crippen molar-refractivity contribution in [3.05, 3.63) is 24.2 Å². The minimum atomic E-state index is -0.608. The summed E-state index contributed by atoms with van der Waals surface area (Å²) in [5, 5.41) is 4.61. The van der Waals surface area contributed by atoms with E-state index in [-0.39, 0.29) is 24.0 Å². The van der Waals surface area contributed by atoms with E-state index >= 15 is 0 Å². The number of furan rings is 1. The fourth-order valence-electron chi connectivity index (χ4n) is 1.22. The molecule has 0 bridgehead atoms. The predicted molar refractivity (Wildman–Crippen MR) is 73.0 cm³/mol. The average Bonchev–Trinajstić information content (AvgIpc) is 2.89. The Labute approximate surface area is 120 Å². The number of carbonyl (C=O) groups excluding carboxylic acids is 3. The molecule has 110 valence electrons. The first-order valence-corrected chi connectivity index (χ1v) is 7.10. The lowest BCUT2D eigenvalue weighted by molar-refractivity contribution is -0.139. The van der Waals surface area contributed by atoms with Gasteiger partial charge in [0.05, 0.1) is 30.9 Å². The molecule has 0 spiro atoms. The highest BCUT2D eigenvalue weighted by Gasteiger charge is 2.09. The molecule has 0 radical (unpaired) electrons. The number of imide groups is 1. The van der Waals surface area contributed by atoms with Crippen LogP contribution in [0.5, 0.6) is 0 Å². The third kappa shape index (κ3) is 6.83. The fraction of sp³-hybridized carbons (Fsp3) is 0.417. The third-order valence-corrected chi connectivity index (χ3v) is 2.92. The highest BCUT2D eigenvalue weighted by atomic mass is 32.2. The van der Waals surface area contributed by atoms with Crippen molar-refractivity contribution in [2.24, 2.45) is 0 Å². The molecule has 0 saturated carbocycles. The van der Waals surface area contributed by atoms with Crippen molar-refractivity contribution < 1.29 is 23.5 Å². The highest BCUT2D eigenvalue weighted by molar-refractivity contribution is 8.00. The smallest absolute Gasteiger partial charge is 0.321 e. The maximum absolute atomic E-state index is 11.4. The Morgan fingerprint density at radius 2 is 2.15 bits per heavy atom. The first kappa shape index (κ1) is 16.1. The van der Waals surface area contributed by atoms with Gasteiger partial charge in [0, 0.05) is 0 Å². The fourth-order valence-corrected chi connectivity index (χ4v) is 1.83. The number of hydrogen-bond donors (Lipinski definition) is 2. The summed E-state index contributed by atoms with van der Waals surface area (Å²) in [6.45, 7) is 2.21. The Morgan fingerprint density at radius 1 is 1.35 bits per heavy atom. The predicted octanol–water partition coefficient (Wildman–Crippen LogP) is 0.902. The molecule has 1 aromatic heterocycles. The van der Waals surface area contributed by atoms with E-state index in [1.165, 1.54) is 6.26 Å². The number of thioether (sulfide) groups is 1. The molecule has 7 nitrogen and oxygen atoms in total. The second-order valence-electron chi connectivity index (χ2n) is 3.61. The zero-order chi connectivity index (χ0) is 14.8. The second-order valence-corrected chi connectivity index (χ2v) is 4.59. The van der Waals surface area contributed by atoms with Gasteiger partial charge >= 0.3 is 12.0 Å². The first-order valence-electron chi connectivity index (χ1n) is 5.95. The highest BCUT2D eigenvalue weighted by Crippen LogP contribution is 2.00. The summed E-state index contributed by atoms with van der Waals surface area (Å²) in [6, 6.07) is 2.80. The van der Waals surface area contributed by atoms with Crippen molar-refractivity contribution in [1.29, 1.82) is 0 Å². The molecule has 3 amide bonds. The van der Waals surface area contributed by atoms with E-state index in [1.807, 2.05) is 0 Å². The van der Waals surface area contributed by atoms with Gasteiger partial charge in [-0.2, -0.15) is 0 Å². The molecule has 0 atom stereocenters. The average molecular weight is 300 g/mol. The third-order valence-electron chi connectivity index (χ3n) is 2.01. The van der Waals surface area contributed by atoms with Crippen LogP contribution in [-0.2, 0) is 20.9 Å². The molecule has 0 fully saturated rings. The van der Waals surface area contributed by atoms with Crippen LogP contribution in [0.25, 0.3) is 0 Å². The van der Waals surface area contributed by atoms with E-state index < -0.39 is 11.9 Å². The molecule has 8 heteroatoms. The van der Waals surface area contributed by atoms with Crippen LogP contribution in [0, 0.1) is 0 Å². The largest absolute Gasteiger partial charge is 0.467 e. The van der Waals surface area contributed by atoms with Gasteiger partial charge in [-0.15, -0.1) is 11.8 Å². The zero-order valence-electron chi connectivity index (χ0n) is 11.0. The number of hydrogen-bond acceptors (Lipinski definition) is 6. The lowest BCUT2D eigenvalue weighted by Crippen LogP contribution is -2.40. The van der Waals surface area contributed by atoms with Crippen LogP contribution in [0.15, 0.2) is 22.8 Å². The van der Waals surface area contributed by atoms with Gasteiger partial charge in [-0.1, -0.05) is 0 Å². The van der Waals surface area contributed by atoms with E-state index in [4.69, 9.17) is 9.15 Å². The van der Waals surface area contributed by atoms with Crippen molar-refractivity contribution in [2.75, 3.05) is 18.1 Å². The van der Waals surface area contributed by atoms with Gasteiger partial charge in [0.25, 0.3) is 0 Å². The standard InChI is InChI=1S/C12H16N2O5S/c1-2-18-11(16)8-20-7-10(15)14-12(17)13-6-9-4-3-5-19-9/h3-5H,2,6-8H2,1H3,(H2,13,14,15,17). The molecule has 1 rings (SSSR count). The van der Waals surface area contributed by atoms with Gasteiger partial charge < -0.3 is 14.5 Å². The van der Waals surface area contributed by atoms with E-state index in [9.17, 15) is 14.4 Å². The number of esters is 1. The lowest BCUT2D eigenvalue weighted by atomic mass is 10.4. The topological polar surface area (TPSA) is 97.6 Å². The molecule has 1 heterocycles. The van der Waals surface area contributed by atoms with Crippen molar-refractivity contribution in [3.63, 3.8) is 0 Å². The Morgan fingerprint density at radius 3 is 2.80 bits per heavy atom. The molecular weight excluding hydrogens is 284 g/mol. The van der Waals surface area contributed by atoms with Crippen molar-refractivity contribution >= 4 is 29.7 Å². The molecule has 0 aliphatic heterocycles. The zero-order valence-corrected chi connectivity index (χ0v) is 11.8. The number of nitrogens with one attached hydrogen (secondary N) is 2. The summed E-state index contributed by atoms with van der Waals surface area (Å²) < 4.78 is 9.72. The van der Waals surface area contributed by atoms with Crippen LogP contribution in [0.3, 0.4) is 0 Å². The number of ether oxygens (including phenoxy) is 1. The summed E-state index contributed by atoms with van der Waals surface area (Å²) in [5.74, 6) is -0.185. The van der Waals surface area contributed by atoms with Gasteiger partial charge in [0.15, 0.2) is 0 Å². The minimum absolute atomic E-state index is 0.00693. The van der Waals surface area contributed by atoms with Gasteiger partial charge in [-0.25, -0.2) is 4.79 Å². The van der Waals surface area contributed by atoms with Crippen LogP contribution in [0.2, 0.25) is 0 Å². The van der Waals surface area contributed by atoms with Crippen molar-refractivity contribution in [2.45, 2.75) is 13.5 Å². The summed E-state index contributed by atoms with van der Waals surface area (Å²) in [4.78, 5) is 33.8. The van der Waals surface area contributed by atoms with Crippen LogP contribution in [0.1, 0.15) is 12.7 Å². The van der Waals surface area contributed by atoms with Crippen LogP contribution < -0.4 is 10.6 Å². The molecule has 1 aromatic rings. The van der Waals surface area contributed by atoms with Gasteiger partial charge in [0.1, 0.15) is 5.76 Å². The quantitative estimate of drug-likeness (QED) is 0.726. The Bertz CT molecular complexity index is 447. The molecular formula is C12H16N2O5S. The monoisotopic (exact) mass is 300 g/mol. The summed E-state index contributed by atoms with van der Waals surface area (Å²) in [5.41, 5.74) is 0. The van der Waals surface area contributed by atoms with Crippen LogP contribution in [-0.4, -0.2) is 36.0 Å². The normalized spacial score (nSPS) is 9.85. The van der Waals surface area contributed by atoms with E-state index in [2.05, 4.69) is 10.6 Å². The SMILES string of the molecule is CCOC(=O)CSCC(=O)NC(=O)NCc1ccco1. The maximum atomic E-state index is 11.4. The van der Waals surface area contributed by atoms with Gasteiger partial charge in [0.2, 0.25) is 5.91 Å². The van der Waals surface area contributed by atoms with Gasteiger partial charge in [-0.05, 0) is 19.1 Å². The Hall–Kier alpha value is -1.96. The van der Waals surface area contributed by atoms with Gasteiger partial charge in [-0.3, -0.25) is 14.9 Å². The number of rotatable bonds is 7. The van der Waals surface area contributed by atoms with Crippen LogP contribution >= 0.6 is 11.8 Å². The molecule has 0 aromatic carbocycles. The van der Waals surface area contributed by atoms with E-state index in [1.54, 1.807) is 19.1 Å². The summed E-state index contributed by atoms with van der Waals surface area (Å²) >= 11 is 1.08. The second kappa shape index (κ2) is 9.03. The molecule has 2 N–H and O–H groups in total. The number of carbonyl (C=O) groups is 3. The summed E-state index contributed by atoms with van der Waals surface area (Å²) in [7, 11) is 0. The van der Waals surface area contributed by atoms with Crippen LogP contribution in [0.4, 0.5) is 4.79 Å². The number of urea groups is 1. The molecule has 0 unspecified atom stereocenters. The molecule has 0 saturated heterocycles. The van der Waals surface area contributed by atoms with Crippen molar-refractivity contribution in [1.82, 2.24) is 10.6 Å². The Balaban J connectivity index is 2.12. The number of amides is 3. The van der Waals surface area contributed by atoms with E-state index in [0.717, 1.165) is 11.8 Å². The van der Waals surface area contributed by atoms with E-state index in [0.29, 0.717) is 12.4 Å². The molecule has 20 heavy (non-hydrogen) atoms. The minimum Gasteiger partial charge on any atom is -0.467 e. The maximum Gasteiger partial charge on any atom is 0.321 e. The first-order chi connectivity index (χ1) is 9.61. The van der Waals surface area contributed by atoms with Crippen molar-refractivity contribution in [3.8, 4) is 0 Å². The Kier molecular flexibility index (Phi) is 7.26. The molecule has 0 aliphatic rings.